The zero-order chi connectivity index (χ0) is 18.6. The lowest BCUT2D eigenvalue weighted by Crippen LogP contribution is -2.30. The maximum Gasteiger partial charge on any atom is 0.338 e. The number of carbonyl (C=O) groups is 2. The van der Waals surface area contributed by atoms with Crippen molar-refractivity contribution in [2.45, 2.75) is 6.54 Å². The summed E-state index contributed by atoms with van der Waals surface area (Å²) in [6.45, 7) is -0.235. The van der Waals surface area contributed by atoms with Crippen LogP contribution in [0.5, 0.6) is 0 Å². The van der Waals surface area contributed by atoms with Gasteiger partial charge in [-0.15, -0.1) is 0 Å². The van der Waals surface area contributed by atoms with Crippen molar-refractivity contribution in [2.75, 3.05) is 7.11 Å². The molecule has 11 heteroatoms. The largest absolute Gasteiger partial charge is 0.465 e. The first-order chi connectivity index (χ1) is 11.8. The number of esters is 1. The lowest BCUT2D eigenvalue weighted by Gasteiger charge is -2.06. The van der Waals surface area contributed by atoms with Gasteiger partial charge in [0.15, 0.2) is 0 Å². The number of hydrogen-bond acceptors (Lipinski definition) is 7. The Bertz CT molecular complexity index is 960. The number of amides is 1. The van der Waals surface area contributed by atoms with Crippen molar-refractivity contribution in [1.82, 2.24) is 15.3 Å². The average Bonchev–Trinajstić information content (AvgIpc) is 2.59. The molecule has 0 atom stereocenters. The van der Waals surface area contributed by atoms with E-state index in [0.717, 1.165) is 31.5 Å². The lowest BCUT2D eigenvalue weighted by atomic mass is 10.1. The molecule has 2 aromatic rings. The van der Waals surface area contributed by atoms with E-state index in [2.05, 4.69) is 15.0 Å². The summed E-state index contributed by atoms with van der Waals surface area (Å²) in [5, 5.41) is 13.3. The van der Waals surface area contributed by atoms with Gasteiger partial charge in [-0.2, -0.15) is 0 Å². The van der Waals surface area contributed by atoms with Crippen LogP contribution in [0.4, 0.5) is 5.69 Å². The number of rotatable bonds is 5. The maximum absolute atomic E-state index is 12.2. The zero-order valence-corrected chi connectivity index (χ0v) is 12.8. The molecule has 0 saturated heterocycles. The van der Waals surface area contributed by atoms with Crippen LogP contribution in [-0.4, -0.2) is 33.9 Å². The summed E-state index contributed by atoms with van der Waals surface area (Å²) in [6.07, 6.45) is 1.13. The minimum Gasteiger partial charge on any atom is -0.465 e. The fraction of sp³-hybridized carbons (Fsp3) is 0.143. The van der Waals surface area contributed by atoms with Crippen molar-refractivity contribution in [2.24, 2.45) is 0 Å². The average molecular weight is 348 g/mol. The quantitative estimate of drug-likeness (QED) is 0.379. The summed E-state index contributed by atoms with van der Waals surface area (Å²) in [5.41, 5.74) is -2.08. The normalized spacial score (nSPS) is 10.1. The zero-order valence-electron chi connectivity index (χ0n) is 12.8. The maximum atomic E-state index is 12.2. The van der Waals surface area contributed by atoms with E-state index >= 15 is 0 Å². The van der Waals surface area contributed by atoms with Gasteiger partial charge in [0.1, 0.15) is 0 Å². The van der Waals surface area contributed by atoms with Crippen LogP contribution in [0.1, 0.15) is 26.3 Å². The molecule has 0 bridgehead atoms. The third-order valence-corrected chi connectivity index (χ3v) is 3.15. The number of nitro groups is 1. The van der Waals surface area contributed by atoms with Gasteiger partial charge in [-0.3, -0.25) is 24.7 Å². The Hall–Kier alpha value is -3.76. The molecule has 0 radical (unpaired) electrons. The van der Waals surface area contributed by atoms with E-state index in [0.29, 0.717) is 0 Å². The Kier molecular flexibility index (Phi) is 5.07. The second-order valence-corrected chi connectivity index (χ2v) is 4.80. The second-order valence-electron chi connectivity index (χ2n) is 4.80. The molecule has 2 rings (SSSR count). The summed E-state index contributed by atoms with van der Waals surface area (Å²) in [6, 6.07) is 3.10. The molecule has 0 saturated carbocycles. The highest BCUT2D eigenvalue weighted by Crippen LogP contribution is 2.18. The monoisotopic (exact) mass is 348 g/mol. The number of methoxy groups -OCH3 is 1. The molecule has 11 nitrogen and oxygen atoms in total. The Morgan fingerprint density at radius 3 is 2.52 bits per heavy atom. The van der Waals surface area contributed by atoms with Crippen molar-refractivity contribution >= 4 is 17.6 Å². The van der Waals surface area contributed by atoms with Gasteiger partial charge in [-0.1, -0.05) is 0 Å². The van der Waals surface area contributed by atoms with Crippen molar-refractivity contribution in [3.63, 3.8) is 0 Å². The number of non-ortho nitro benzene ring substituents is 1. The Morgan fingerprint density at radius 2 is 1.92 bits per heavy atom. The number of ether oxygens (including phenoxy) is 1. The third-order valence-electron chi connectivity index (χ3n) is 3.15. The van der Waals surface area contributed by atoms with Gasteiger partial charge in [0, 0.05) is 30.4 Å². The number of nitro benzene ring substituents is 1. The standard InChI is InChI=1S/C14H12N4O7/c1-25-13(21)8-2-7(3-10(4-8)18(23)24)11(19)15-5-9-6-16-14(22)17-12(9)20/h2-4,6H,5H2,1H3,(H,15,19)(H2,16,17,20,22). The number of nitrogens with zero attached hydrogens (tertiary/aromatic N) is 1. The third kappa shape index (κ3) is 4.16. The predicted octanol–water partition coefficient (Wildman–Crippen LogP) is -0.312. The van der Waals surface area contributed by atoms with E-state index in [1.165, 1.54) is 0 Å². The van der Waals surface area contributed by atoms with E-state index in [9.17, 15) is 29.3 Å². The van der Waals surface area contributed by atoms with Crippen LogP contribution in [0.3, 0.4) is 0 Å². The van der Waals surface area contributed by atoms with E-state index in [4.69, 9.17) is 0 Å². The number of aromatic nitrogens is 2. The smallest absolute Gasteiger partial charge is 0.338 e. The fourth-order valence-electron chi connectivity index (χ4n) is 1.93. The molecule has 25 heavy (non-hydrogen) atoms. The highest BCUT2D eigenvalue weighted by molar-refractivity contribution is 5.98. The van der Waals surface area contributed by atoms with Gasteiger partial charge in [0.25, 0.3) is 17.2 Å². The van der Waals surface area contributed by atoms with Crippen molar-refractivity contribution in [3.8, 4) is 0 Å². The molecule has 1 aromatic carbocycles. The number of H-pyrrole nitrogens is 2. The molecule has 0 aliphatic heterocycles. The van der Waals surface area contributed by atoms with E-state index < -0.39 is 33.7 Å². The number of hydrogen-bond donors (Lipinski definition) is 3. The van der Waals surface area contributed by atoms with Gasteiger partial charge in [0.05, 0.1) is 23.2 Å². The molecular formula is C14H12N4O7. The molecule has 0 fully saturated rings. The summed E-state index contributed by atoms with van der Waals surface area (Å²) in [4.78, 5) is 60.6. The first kappa shape index (κ1) is 17.6. The highest BCUT2D eigenvalue weighted by Gasteiger charge is 2.18. The van der Waals surface area contributed by atoms with Crippen molar-refractivity contribution < 1.29 is 19.2 Å². The van der Waals surface area contributed by atoms with Gasteiger partial charge in [-0.05, 0) is 6.07 Å². The summed E-state index contributed by atoms with van der Waals surface area (Å²) in [7, 11) is 1.10. The van der Waals surface area contributed by atoms with Crippen LogP contribution in [-0.2, 0) is 11.3 Å². The molecule has 0 aliphatic rings. The van der Waals surface area contributed by atoms with Gasteiger partial charge >= 0.3 is 11.7 Å². The summed E-state index contributed by atoms with van der Waals surface area (Å²) >= 11 is 0. The molecule has 0 unspecified atom stereocenters. The van der Waals surface area contributed by atoms with Crippen LogP contribution in [0, 0.1) is 10.1 Å². The summed E-state index contributed by atoms with van der Waals surface area (Å²) < 4.78 is 4.49. The molecule has 130 valence electrons. The topological polar surface area (TPSA) is 164 Å². The molecule has 0 spiro atoms. The molecule has 3 N–H and O–H groups in total. The molecule has 0 aliphatic carbocycles. The van der Waals surface area contributed by atoms with E-state index in [1.54, 1.807) is 0 Å². The Balaban J connectivity index is 2.27. The van der Waals surface area contributed by atoms with Crippen LogP contribution < -0.4 is 16.6 Å². The summed E-state index contributed by atoms with van der Waals surface area (Å²) in [5.74, 6) is -1.59. The second kappa shape index (κ2) is 7.21. The van der Waals surface area contributed by atoms with Crippen molar-refractivity contribution in [3.05, 3.63) is 72.0 Å². The Morgan fingerprint density at radius 1 is 1.24 bits per heavy atom. The number of nitrogens with one attached hydrogen (secondary N) is 3. The van der Waals surface area contributed by atoms with E-state index in [1.807, 2.05) is 4.98 Å². The van der Waals surface area contributed by atoms with Crippen LogP contribution in [0.25, 0.3) is 0 Å². The van der Waals surface area contributed by atoms with Crippen LogP contribution in [0.15, 0.2) is 34.0 Å². The molecule has 1 amide bonds. The van der Waals surface area contributed by atoms with E-state index in [-0.39, 0.29) is 23.2 Å². The van der Waals surface area contributed by atoms with Gasteiger partial charge in [-0.25, -0.2) is 9.59 Å². The highest BCUT2D eigenvalue weighted by atomic mass is 16.6. The van der Waals surface area contributed by atoms with Gasteiger partial charge in [0.2, 0.25) is 0 Å². The fourth-order valence-corrected chi connectivity index (χ4v) is 1.93. The van der Waals surface area contributed by atoms with Crippen LogP contribution in [0.2, 0.25) is 0 Å². The minimum atomic E-state index is -0.838. The van der Waals surface area contributed by atoms with Gasteiger partial charge < -0.3 is 15.0 Å². The first-order valence-corrected chi connectivity index (χ1v) is 6.78. The first-order valence-electron chi connectivity index (χ1n) is 6.78. The predicted molar refractivity (Wildman–Crippen MR) is 83.3 cm³/mol. The van der Waals surface area contributed by atoms with Crippen molar-refractivity contribution in [1.29, 1.82) is 0 Å². The van der Waals surface area contributed by atoms with Crippen LogP contribution >= 0.6 is 0 Å². The Labute approximate surface area is 138 Å². The molecular weight excluding hydrogens is 336 g/mol. The molecule has 1 heterocycles. The molecule has 1 aromatic heterocycles. The number of carbonyl (C=O) groups excluding carboxylic acids is 2. The minimum absolute atomic E-state index is 0.0755. The number of benzene rings is 1. The number of aromatic amines is 2. The SMILES string of the molecule is COC(=O)c1cc(C(=O)NCc2c[nH]c(=O)[nH]c2=O)cc([N+](=O)[O-])c1. The lowest BCUT2D eigenvalue weighted by molar-refractivity contribution is -0.384.